The van der Waals surface area contributed by atoms with E-state index in [1.54, 1.807) is 18.7 Å². The third-order valence-electron chi connectivity index (χ3n) is 3.80. The van der Waals surface area contributed by atoms with E-state index in [0.29, 0.717) is 23.6 Å². The van der Waals surface area contributed by atoms with Gasteiger partial charge >= 0.3 is 0 Å². The quantitative estimate of drug-likeness (QED) is 0.855. The van der Waals surface area contributed by atoms with E-state index in [-0.39, 0.29) is 24.4 Å². The molecule has 0 fully saturated rings. The number of amides is 1. The zero-order valence-corrected chi connectivity index (χ0v) is 14.2. The number of carbonyl (C=O) groups excluding carboxylic acids is 1. The van der Waals surface area contributed by atoms with Crippen molar-refractivity contribution in [3.63, 3.8) is 0 Å². The maximum Gasteiger partial charge on any atom is 0.254 e. The zero-order chi connectivity index (χ0) is 17.7. The second-order valence-corrected chi connectivity index (χ2v) is 5.83. The summed E-state index contributed by atoms with van der Waals surface area (Å²) in [5.41, 5.74) is 2.83. The fraction of sp³-hybridized carbons (Fsp3) is 0.316. The summed E-state index contributed by atoms with van der Waals surface area (Å²) in [6.45, 7) is 6.06. The van der Waals surface area contributed by atoms with E-state index in [9.17, 15) is 9.59 Å². The number of H-pyrrole nitrogens is 1. The van der Waals surface area contributed by atoms with Gasteiger partial charge in [-0.25, -0.2) is 4.98 Å². The van der Waals surface area contributed by atoms with Crippen molar-refractivity contribution in [2.75, 3.05) is 6.54 Å². The largest absolute Gasteiger partial charge is 0.327 e. The Bertz CT molecular complexity index is 829. The first-order chi connectivity index (χ1) is 11.4. The number of rotatable bonds is 5. The molecule has 1 N–H and O–H groups in total. The summed E-state index contributed by atoms with van der Waals surface area (Å²) in [4.78, 5) is 33.1. The molecule has 2 aromatic rings. The zero-order valence-electron chi connectivity index (χ0n) is 14.2. The number of terminal acetylenes is 1. The number of aromatic amines is 1. The summed E-state index contributed by atoms with van der Waals surface area (Å²) < 4.78 is 0. The SMILES string of the molecule is C#CCN(Cc1ccc(C)cc1)C(=O)Cc1c(C)nc(C)[nH]c1=O. The highest BCUT2D eigenvalue weighted by molar-refractivity contribution is 5.79. The van der Waals surface area contributed by atoms with E-state index in [0.717, 1.165) is 11.1 Å². The molecule has 5 heteroatoms. The van der Waals surface area contributed by atoms with Gasteiger partial charge in [0.05, 0.1) is 13.0 Å². The molecule has 0 aliphatic carbocycles. The highest BCUT2D eigenvalue weighted by Crippen LogP contribution is 2.09. The van der Waals surface area contributed by atoms with E-state index in [4.69, 9.17) is 6.42 Å². The van der Waals surface area contributed by atoms with Crippen LogP contribution in [0.5, 0.6) is 0 Å². The van der Waals surface area contributed by atoms with E-state index in [1.165, 1.54) is 0 Å². The molecule has 124 valence electrons. The van der Waals surface area contributed by atoms with Crippen LogP contribution in [0.1, 0.15) is 28.2 Å². The van der Waals surface area contributed by atoms with Crippen molar-refractivity contribution in [2.45, 2.75) is 33.7 Å². The summed E-state index contributed by atoms with van der Waals surface area (Å²) in [5, 5.41) is 0. The normalized spacial score (nSPS) is 10.2. The van der Waals surface area contributed by atoms with Crippen LogP contribution in [0.3, 0.4) is 0 Å². The van der Waals surface area contributed by atoms with Gasteiger partial charge in [0.1, 0.15) is 5.82 Å². The van der Waals surface area contributed by atoms with Crippen molar-refractivity contribution in [3.8, 4) is 12.3 Å². The minimum Gasteiger partial charge on any atom is -0.327 e. The van der Waals surface area contributed by atoms with Gasteiger partial charge < -0.3 is 9.88 Å². The van der Waals surface area contributed by atoms with Crippen LogP contribution in [0.2, 0.25) is 0 Å². The van der Waals surface area contributed by atoms with Gasteiger partial charge in [0.25, 0.3) is 5.56 Å². The van der Waals surface area contributed by atoms with Gasteiger partial charge in [-0.05, 0) is 26.3 Å². The molecule has 2 rings (SSSR count). The molecule has 0 aliphatic rings. The number of nitrogens with one attached hydrogen (secondary N) is 1. The van der Waals surface area contributed by atoms with Gasteiger partial charge in [-0.1, -0.05) is 35.7 Å². The van der Waals surface area contributed by atoms with Crippen LogP contribution in [-0.4, -0.2) is 27.3 Å². The minimum absolute atomic E-state index is 0.0119. The number of nitrogens with zero attached hydrogens (tertiary/aromatic N) is 2. The highest BCUT2D eigenvalue weighted by atomic mass is 16.2. The lowest BCUT2D eigenvalue weighted by Crippen LogP contribution is -2.34. The van der Waals surface area contributed by atoms with Gasteiger partial charge in [-0.15, -0.1) is 6.42 Å². The fourth-order valence-corrected chi connectivity index (χ4v) is 2.48. The topological polar surface area (TPSA) is 66.1 Å². The molecule has 0 atom stereocenters. The predicted octanol–water partition coefficient (Wildman–Crippen LogP) is 1.90. The lowest BCUT2D eigenvalue weighted by molar-refractivity contribution is -0.130. The van der Waals surface area contributed by atoms with Crippen LogP contribution in [0.25, 0.3) is 0 Å². The van der Waals surface area contributed by atoms with Gasteiger partial charge in [0.15, 0.2) is 0 Å². The summed E-state index contributed by atoms with van der Waals surface area (Å²) in [5.74, 6) is 2.86. The maximum atomic E-state index is 12.6. The molecule has 0 saturated heterocycles. The average molecular weight is 323 g/mol. The predicted molar refractivity (Wildman–Crippen MR) is 93.5 cm³/mol. The van der Waals surface area contributed by atoms with E-state index < -0.39 is 0 Å². The average Bonchev–Trinajstić information content (AvgIpc) is 2.52. The highest BCUT2D eigenvalue weighted by Gasteiger charge is 2.17. The molecular weight excluding hydrogens is 302 g/mol. The van der Waals surface area contributed by atoms with E-state index in [1.807, 2.05) is 31.2 Å². The van der Waals surface area contributed by atoms with Gasteiger partial charge in [-0.3, -0.25) is 9.59 Å². The summed E-state index contributed by atoms with van der Waals surface area (Å²) in [7, 11) is 0. The lowest BCUT2D eigenvalue weighted by atomic mass is 10.1. The monoisotopic (exact) mass is 323 g/mol. The first-order valence-electron chi connectivity index (χ1n) is 7.74. The first-order valence-corrected chi connectivity index (χ1v) is 7.74. The molecule has 24 heavy (non-hydrogen) atoms. The molecule has 5 nitrogen and oxygen atoms in total. The Morgan fingerprint density at radius 1 is 1.25 bits per heavy atom. The standard InChI is InChI=1S/C19H21N3O2/c1-5-10-22(12-16-8-6-13(2)7-9-16)18(23)11-17-14(3)20-15(4)21-19(17)24/h1,6-9H,10-12H2,2-4H3,(H,20,21,24). The number of hydrogen-bond acceptors (Lipinski definition) is 3. The van der Waals surface area contributed by atoms with Crippen LogP contribution in [0.15, 0.2) is 29.1 Å². The van der Waals surface area contributed by atoms with Crippen LogP contribution in [-0.2, 0) is 17.8 Å². The molecule has 0 saturated carbocycles. The molecular formula is C19H21N3O2. The Morgan fingerprint density at radius 3 is 2.50 bits per heavy atom. The Hall–Kier alpha value is -2.87. The molecule has 1 heterocycles. The third kappa shape index (κ3) is 4.32. The maximum absolute atomic E-state index is 12.6. The second kappa shape index (κ2) is 7.60. The van der Waals surface area contributed by atoms with Crippen molar-refractivity contribution in [1.29, 1.82) is 0 Å². The Balaban J connectivity index is 2.19. The molecule has 1 amide bonds. The second-order valence-electron chi connectivity index (χ2n) is 5.83. The van der Waals surface area contributed by atoms with Crippen molar-refractivity contribution in [1.82, 2.24) is 14.9 Å². The van der Waals surface area contributed by atoms with Crippen molar-refractivity contribution < 1.29 is 4.79 Å². The smallest absolute Gasteiger partial charge is 0.254 e. The molecule has 0 radical (unpaired) electrons. The lowest BCUT2D eigenvalue weighted by Gasteiger charge is -2.20. The van der Waals surface area contributed by atoms with Crippen LogP contribution >= 0.6 is 0 Å². The van der Waals surface area contributed by atoms with E-state index >= 15 is 0 Å². The summed E-state index contributed by atoms with van der Waals surface area (Å²) in [6.07, 6.45) is 5.38. The van der Waals surface area contributed by atoms with Crippen molar-refractivity contribution >= 4 is 5.91 Å². The molecule has 0 bridgehead atoms. The Labute approximate surface area is 141 Å². The molecule has 1 aromatic heterocycles. The van der Waals surface area contributed by atoms with Gasteiger partial charge in [0, 0.05) is 17.8 Å². The Morgan fingerprint density at radius 2 is 1.92 bits per heavy atom. The molecule has 0 aliphatic heterocycles. The van der Waals surface area contributed by atoms with Crippen LogP contribution in [0.4, 0.5) is 0 Å². The number of hydrogen-bond donors (Lipinski definition) is 1. The fourth-order valence-electron chi connectivity index (χ4n) is 2.48. The van der Waals surface area contributed by atoms with Gasteiger partial charge in [-0.2, -0.15) is 0 Å². The van der Waals surface area contributed by atoms with Gasteiger partial charge in [0.2, 0.25) is 5.91 Å². The minimum atomic E-state index is -0.274. The van der Waals surface area contributed by atoms with Crippen molar-refractivity contribution in [3.05, 3.63) is 62.8 Å². The first kappa shape index (κ1) is 17.5. The number of aryl methyl sites for hydroxylation is 3. The van der Waals surface area contributed by atoms with Crippen LogP contribution in [0, 0.1) is 33.1 Å². The Kier molecular flexibility index (Phi) is 5.54. The van der Waals surface area contributed by atoms with Crippen LogP contribution < -0.4 is 5.56 Å². The number of aromatic nitrogens is 2. The summed E-state index contributed by atoms with van der Waals surface area (Å²) >= 11 is 0. The number of benzene rings is 1. The van der Waals surface area contributed by atoms with E-state index in [2.05, 4.69) is 15.9 Å². The number of carbonyl (C=O) groups is 1. The summed E-state index contributed by atoms with van der Waals surface area (Å²) in [6, 6.07) is 7.93. The molecule has 1 aromatic carbocycles. The molecule has 0 unspecified atom stereocenters. The third-order valence-corrected chi connectivity index (χ3v) is 3.80. The van der Waals surface area contributed by atoms with Crippen molar-refractivity contribution in [2.24, 2.45) is 0 Å². The molecule has 0 spiro atoms.